The number of piperidine rings is 1. The van der Waals surface area contributed by atoms with Gasteiger partial charge in [-0.2, -0.15) is 0 Å². The second-order valence-corrected chi connectivity index (χ2v) is 18.8. The van der Waals surface area contributed by atoms with E-state index >= 15 is 0 Å². The van der Waals surface area contributed by atoms with E-state index in [1.54, 1.807) is 19.9 Å². The molecule has 0 aromatic heterocycles. The van der Waals surface area contributed by atoms with Crippen molar-refractivity contribution in [1.82, 2.24) is 4.90 Å². The van der Waals surface area contributed by atoms with E-state index in [2.05, 4.69) is 0 Å². The molecule has 2 bridgehead atoms. The highest BCUT2D eigenvalue weighted by molar-refractivity contribution is 5.86. The van der Waals surface area contributed by atoms with Gasteiger partial charge in [-0.05, 0) is 113 Å². The molecule has 11 heteroatoms. The minimum atomic E-state index is -1.78. The number of ether oxygens (including phenoxy) is 2. The molecule has 4 aliphatic rings. The minimum Gasteiger partial charge on any atom is -0.460 e. The minimum absolute atomic E-state index is 0.0481. The lowest BCUT2D eigenvalue weighted by Crippen LogP contribution is -2.54. The van der Waals surface area contributed by atoms with Gasteiger partial charge < -0.3 is 34.8 Å². The molecule has 0 aromatic carbocycles. The topological polar surface area (TPSA) is 171 Å². The van der Waals surface area contributed by atoms with Gasteiger partial charge in [-0.25, -0.2) is 4.79 Å². The average molecular weight is 826 g/mol. The molecule has 0 radical (unpaired) electrons. The Morgan fingerprint density at radius 1 is 0.814 bits per heavy atom. The molecule has 2 saturated heterocycles. The van der Waals surface area contributed by atoms with Crippen LogP contribution in [-0.4, -0.2) is 97.7 Å². The summed E-state index contributed by atoms with van der Waals surface area (Å²) in [6.07, 6.45) is 15.0. The Bertz CT molecular complexity index is 1540. The van der Waals surface area contributed by atoms with Gasteiger partial charge in [-0.3, -0.25) is 14.4 Å². The van der Waals surface area contributed by atoms with Gasteiger partial charge in [0.1, 0.15) is 23.7 Å². The number of amides is 1. The highest BCUT2D eigenvalue weighted by Crippen LogP contribution is 2.38. The SMILES string of the molecule is C/C1=C\[C@@H](C)C(=O)C[C@@H]([C@H](C)CC2CCC(O)CC2)OC(=O)[C@@H]2CCCCN2C(=O)C[C@]2(O)O[C@@H](CC[C@H]2C)C[C@H](O)/C(C)=C/C=C/C=C\[C@@H](C)C[C@@H](C)C(=O)C[C@@H]1O. The lowest BCUT2D eigenvalue weighted by Gasteiger charge is -2.44. The van der Waals surface area contributed by atoms with E-state index in [0.717, 1.165) is 18.4 Å². The first-order valence-corrected chi connectivity index (χ1v) is 22.6. The van der Waals surface area contributed by atoms with Crippen molar-refractivity contribution in [2.45, 2.75) is 187 Å². The number of hydrogen-bond acceptors (Lipinski definition) is 10. The maximum atomic E-state index is 14.2. The molecule has 1 amide bonds. The third kappa shape index (κ3) is 14.6. The summed E-state index contributed by atoms with van der Waals surface area (Å²) >= 11 is 0. The van der Waals surface area contributed by atoms with Gasteiger partial charge in [0.15, 0.2) is 5.79 Å². The number of esters is 1. The molecule has 3 fully saturated rings. The van der Waals surface area contributed by atoms with Gasteiger partial charge in [0, 0.05) is 43.6 Å². The van der Waals surface area contributed by atoms with Crippen LogP contribution in [0.25, 0.3) is 0 Å². The summed E-state index contributed by atoms with van der Waals surface area (Å²) in [5, 5.41) is 44.1. The Morgan fingerprint density at radius 3 is 2.24 bits per heavy atom. The molecule has 4 N–H and O–H groups in total. The molecular weight excluding hydrogens is 751 g/mol. The normalized spacial score (nSPS) is 40.7. The van der Waals surface area contributed by atoms with Gasteiger partial charge >= 0.3 is 5.97 Å². The molecule has 11 nitrogen and oxygen atoms in total. The summed E-state index contributed by atoms with van der Waals surface area (Å²) in [6, 6.07) is -0.879. The van der Waals surface area contributed by atoms with Crippen LogP contribution < -0.4 is 0 Å². The van der Waals surface area contributed by atoms with Crippen molar-refractivity contribution in [3.05, 3.63) is 47.6 Å². The largest absolute Gasteiger partial charge is 0.460 e. The van der Waals surface area contributed by atoms with Crippen molar-refractivity contribution in [3.8, 4) is 0 Å². The van der Waals surface area contributed by atoms with Crippen LogP contribution in [0.15, 0.2) is 47.6 Å². The predicted octanol–water partition coefficient (Wildman–Crippen LogP) is 7.10. The number of cyclic esters (lactones) is 1. The van der Waals surface area contributed by atoms with Gasteiger partial charge in [0.2, 0.25) is 5.91 Å². The number of carbonyl (C=O) groups excluding carboxylic acids is 4. The first kappa shape index (κ1) is 48.7. The summed E-state index contributed by atoms with van der Waals surface area (Å²) < 4.78 is 12.5. The number of fused-ring (bicyclic) bond motifs is 3. The van der Waals surface area contributed by atoms with Crippen LogP contribution in [0.1, 0.15) is 145 Å². The lowest BCUT2D eigenvalue weighted by molar-refractivity contribution is -0.283. The summed E-state index contributed by atoms with van der Waals surface area (Å²) in [5.41, 5.74) is 1.26. The van der Waals surface area contributed by atoms with Gasteiger partial charge in [-0.1, -0.05) is 71.1 Å². The van der Waals surface area contributed by atoms with E-state index in [-0.39, 0.29) is 67.0 Å². The molecule has 59 heavy (non-hydrogen) atoms. The number of hydrogen-bond donors (Lipinski definition) is 4. The maximum absolute atomic E-state index is 14.2. The maximum Gasteiger partial charge on any atom is 0.329 e. The van der Waals surface area contributed by atoms with E-state index in [1.165, 1.54) is 4.90 Å². The van der Waals surface area contributed by atoms with Gasteiger partial charge in [0.05, 0.1) is 30.8 Å². The Balaban J connectivity index is 1.61. The van der Waals surface area contributed by atoms with Crippen LogP contribution in [0.3, 0.4) is 0 Å². The Morgan fingerprint density at radius 2 is 1.53 bits per heavy atom. The quantitative estimate of drug-likeness (QED) is 0.170. The van der Waals surface area contributed by atoms with E-state index in [4.69, 9.17) is 9.47 Å². The van der Waals surface area contributed by atoms with Crippen molar-refractivity contribution >= 4 is 23.4 Å². The predicted molar refractivity (Wildman–Crippen MR) is 228 cm³/mol. The molecule has 11 atom stereocenters. The lowest BCUT2D eigenvalue weighted by atomic mass is 9.79. The van der Waals surface area contributed by atoms with Crippen LogP contribution in [0.5, 0.6) is 0 Å². The second-order valence-electron chi connectivity index (χ2n) is 18.8. The van der Waals surface area contributed by atoms with Crippen LogP contribution in [0.2, 0.25) is 0 Å². The number of Topliss-reactive ketones (excluding diaryl/α,β-unsaturated/α-hetero) is 2. The zero-order valence-corrected chi connectivity index (χ0v) is 36.9. The van der Waals surface area contributed by atoms with Crippen LogP contribution in [-0.2, 0) is 28.7 Å². The second kappa shape index (κ2) is 22.8. The summed E-state index contributed by atoms with van der Waals surface area (Å²) in [6.45, 7) is 13.4. The van der Waals surface area contributed by atoms with E-state index in [1.807, 2.05) is 65.0 Å². The first-order valence-electron chi connectivity index (χ1n) is 22.6. The fraction of sp³-hybridized carbons (Fsp3) is 0.750. The summed E-state index contributed by atoms with van der Waals surface area (Å²) in [5.74, 6) is -3.98. The highest BCUT2D eigenvalue weighted by atomic mass is 16.6. The van der Waals surface area contributed by atoms with Crippen molar-refractivity contribution in [3.63, 3.8) is 0 Å². The summed E-state index contributed by atoms with van der Waals surface area (Å²) in [7, 11) is 0. The zero-order valence-electron chi connectivity index (χ0n) is 36.9. The van der Waals surface area contributed by atoms with E-state index < -0.39 is 54.0 Å². The molecular formula is C48H75NO10. The Labute approximate surface area is 353 Å². The number of rotatable bonds is 3. The van der Waals surface area contributed by atoms with Crippen LogP contribution in [0.4, 0.5) is 0 Å². The van der Waals surface area contributed by atoms with Gasteiger partial charge in [0.25, 0.3) is 0 Å². The first-order chi connectivity index (χ1) is 27.9. The van der Waals surface area contributed by atoms with Crippen LogP contribution >= 0.6 is 0 Å². The molecule has 4 rings (SSSR count). The molecule has 332 valence electrons. The Kier molecular flexibility index (Phi) is 18.8. The number of nitrogens with zero attached hydrogens (tertiary/aromatic N) is 1. The third-order valence-electron chi connectivity index (χ3n) is 13.6. The summed E-state index contributed by atoms with van der Waals surface area (Å²) in [4.78, 5) is 56.8. The van der Waals surface area contributed by atoms with E-state index in [0.29, 0.717) is 75.8 Å². The fourth-order valence-electron chi connectivity index (χ4n) is 9.32. The third-order valence-corrected chi connectivity index (χ3v) is 13.6. The molecule has 3 aliphatic heterocycles. The van der Waals surface area contributed by atoms with Crippen LogP contribution in [0, 0.1) is 35.5 Å². The van der Waals surface area contributed by atoms with Crippen molar-refractivity contribution in [2.75, 3.05) is 6.54 Å². The molecule has 1 aliphatic carbocycles. The molecule has 1 saturated carbocycles. The Hall–Kier alpha value is -2.96. The number of aliphatic hydroxyl groups is 4. The zero-order chi connectivity index (χ0) is 43.4. The van der Waals surface area contributed by atoms with Gasteiger partial charge in [-0.15, -0.1) is 0 Å². The van der Waals surface area contributed by atoms with E-state index in [9.17, 15) is 39.6 Å². The monoisotopic (exact) mass is 826 g/mol. The number of ketones is 2. The fourth-order valence-corrected chi connectivity index (χ4v) is 9.32. The molecule has 0 aromatic rings. The number of carbonyl (C=O) groups is 4. The highest BCUT2D eigenvalue weighted by Gasteiger charge is 2.46. The molecule has 3 heterocycles. The smallest absolute Gasteiger partial charge is 0.329 e. The molecule has 0 unspecified atom stereocenters. The van der Waals surface area contributed by atoms with Crippen molar-refractivity contribution in [1.29, 1.82) is 0 Å². The average Bonchev–Trinajstić information content (AvgIpc) is 3.18. The van der Waals surface area contributed by atoms with Crippen molar-refractivity contribution in [2.24, 2.45) is 35.5 Å². The number of aliphatic hydroxyl groups excluding tert-OH is 3. The standard InChI is InChI=1S/C48H75NO10/c1-30-13-9-8-10-14-31(2)41(51)26-39-21-16-36(7)48(57,59-39)29-46(55)49-22-12-11-15-40(49)47(56)58-45(35(6)25-37-17-19-38(50)20-18-37)28-44(54)34(5)24-33(4)43(53)27-42(52)32(3)23-30/h8-10,13-14,24,30,32,34-41,43,45,50-51,53,57H,11-12,15-23,25-29H2,1-7H3/b10-8+,13-9-,31-14+,33-24+/t30-,32-,34-,35-,36-,37?,38?,39+,40+,41+,43+,45+,48+/m1/s1. The van der Waals surface area contributed by atoms with Crippen molar-refractivity contribution < 1.29 is 49.1 Å². The molecule has 0 spiro atoms. The number of allylic oxidation sites excluding steroid dienone is 6.